The monoisotopic (exact) mass is 411 g/mol. The Labute approximate surface area is 170 Å². The van der Waals surface area contributed by atoms with Crippen LogP contribution in [0.5, 0.6) is 0 Å². The molecule has 8 heteroatoms. The number of nitrogens with zero attached hydrogens (tertiary/aromatic N) is 4. The average molecular weight is 411 g/mol. The molecular weight excluding hydrogens is 393 g/mol. The van der Waals surface area contributed by atoms with Gasteiger partial charge in [-0.25, -0.2) is 4.68 Å². The standard InChI is InChI=1S/C22H18F3N4O/c23-22(24,25)21(30,16-6-2-1-3-7-16)20-14-26-27-29(20)18-10-9-15-12-17-8-4-5-11-28(17)19(15)13-18/h1-8,11,14,18,30H,9-10,13H2. The van der Waals surface area contributed by atoms with Crippen LogP contribution >= 0.6 is 0 Å². The van der Waals surface area contributed by atoms with Crippen LogP contribution in [-0.2, 0) is 18.4 Å². The Morgan fingerprint density at radius 3 is 2.60 bits per heavy atom. The number of alkyl halides is 3. The number of aryl methyl sites for hydroxylation is 1. The summed E-state index contributed by atoms with van der Waals surface area (Å²) in [5.74, 6) is 0. The molecule has 153 valence electrons. The molecule has 0 saturated heterocycles. The minimum atomic E-state index is -4.94. The Bertz CT molecular complexity index is 1200. The van der Waals surface area contributed by atoms with Crippen molar-refractivity contribution in [3.8, 4) is 0 Å². The molecule has 30 heavy (non-hydrogen) atoms. The average Bonchev–Trinajstić information content (AvgIpc) is 3.37. The van der Waals surface area contributed by atoms with Crippen LogP contribution < -0.4 is 0 Å². The summed E-state index contributed by atoms with van der Waals surface area (Å²) < 4.78 is 45.8. The first kappa shape index (κ1) is 18.9. The van der Waals surface area contributed by atoms with Gasteiger partial charge in [-0.2, -0.15) is 13.2 Å². The van der Waals surface area contributed by atoms with Crippen LogP contribution in [0.2, 0.25) is 0 Å². The molecule has 2 unspecified atom stereocenters. The van der Waals surface area contributed by atoms with Crippen molar-refractivity contribution in [2.75, 3.05) is 0 Å². The summed E-state index contributed by atoms with van der Waals surface area (Å²) in [6, 6.07) is 15.9. The van der Waals surface area contributed by atoms with E-state index in [0.717, 1.165) is 23.0 Å². The number of halogens is 3. The van der Waals surface area contributed by atoms with Crippen LogP contribution in [-0.4, -0.2) is 30.7 Å². The van der Waals surface area contributed by atoms with E-state index < -0.39 is 11.8 Å². The van der Waals surface area contributed by atoms with E-state index >= 15 is 0 Å². The van der Waals surface area contributed by atoms with Gasteiger partial charge in [-0.05, 0) is 36.1 Å². The lowest BCUT2D eigenvalue weighted by atomic mass is 9.88. The van der Waals surface area contributed by atoms with E-state index in [4.69, 9.17) is 0 Å². The molecule has 3 aromatic heterocycles. The highest BCUT2D eigenvalue weighted by molar-refractivity contribution is 5.53. The quantitative estimate of drug-likeness (QED) is 0.557. The van der Waals surface area contributed by atoms with Gasteiger partial charge < -0.3 is 9.51 Å². The first-order valence-electron chi connectivity index (χ1n) is 9.65. The Morgan fingerprint density at radius 1 is 1.07 bits per heavy atom. The minimum Gasteiger partial charge on any atom is -0.371 e. The predicted molar refractivity (Wildman–Crippen MR) is 103 cm³/mol. The molecule has 1 N–H and O–H groups in total. The maximum absolute atomic E-state index is 14.2. The second-order valence-electron chi connectivity index (χ2n) is 7.54. The van der Waals surface area contributed by atoms with Crippen LogP contribution in [0, 0.1) is 6.07 Å². The van der Waals surface area contributed by atoms with Gasteiger partial charge in [-0.15, -0.1) is 5.10 Å². The maximum Gasteiger partial charge on any atom is 0.427 e. The molecule has 0 saturated carbocycles. The zero-order chi connectivity index (χ0) is 20.9. The molecular formula is C22H18F3N4O. The Balaban J connectivity index is 1.59. The highest BCUT2D eigenvalue weighted by atomic mass is 19.4. The number of hydrogen-bond donors (Lipinski definition) is 1. The summed E-state index contributed by atoms with van der Waals surface area (Å²) in [5.41, 5.74) is -0.853. The summed E-state index contributed by atoms with van der Waals surface area (Å²) in [6.07, 6.45) is -0.286. The molecule has 0 aliphatic heterocycles. The van der Waals surface area contributed by atoms with Gasteiger partial charge >= 0.3 is 6.18 Å². The smallest absolute Gasteiger partial charge is 0.371 e. The number of pyridine rings is 1. The van der Waals surface area contributed by atoms with Crippen molar-refractivity contribution in [3.05, 3.63) is 89.5 Å². The molecule has 0 bridgehead atoms. The van der Waals surface area contributed by atoms with Gasteiger partial charge in [0, 0.05) is 24.4 Å². The van der Waals surface area contributed by atoms with Crippen molar-refractivity contribution in [1.29, 1.82) is 0 Å². The largest absolute Gasteiger partial charge is 0.427 e. The van der Waals surface area contributed by atoms with Gasteiger partial charge in [-0.1, -0.05) is 41.6 Å². The van der Waals surface area contributed by atoms with Crippen molar-refractivity contribution >= 4 is 5.52 Å². The number of benzene rings is 1. The summed E-state index contributed by atoms with van der Waals surface area (Å²) in [7, 11) is 0. The highest BCUT2D eigenvalue weighted by Crippen LogP contribution is 2.45. The molecule has 0 amide bonds. The molecule has 1 aliphatic carbocycles. The predicted octanol–water partition coefficient (Wildman–Crippen LogP) is 3.86. The van der Waals surface area contributed by atoms with E-state index in [1.807, 2.05) is 28.8 Å². The lowest BCUT2D eigenvalue weighted by molar-refractivity contribution is -0.251. The molecule has 1 aromatic carbocycles. The van der Waals surface area contributed by atoms with Crippen molar-refractivity contribution in [2.45, 2.75) is 37.1 Å². The normalized spacial score (nSPS) is 18.9. The van der Waals surface area contributed by atoms with Crippen LogP contribution in [0.15, 0.2) is 60.9 Å². The lowest BCUT2D eigenvalue weighted by Crippen LogP contribution is -2.45. The van der Waals surface area contributed by atoms with E-state index in [-0.39, 0.29) is 17.3 Å². The molecule has 3 heterocycles. The molecule has 2 atom stereocenters. The molecule has 5 nitrogen and oxygen atoms in total. The molecule has 1 radical (unpaired) electrons. The van der Waals surface area contributed by atoms with Crippen molar-refractivity contribution in [3.63, 3.8) is 0 Å². The van der Waals surface area contributed by atoms with Gasteiger partial charge in [0.25, 0.3) is 0 Å². The van der Waals surface area contributed by atoms with E-state index in [9.17, 15) is 18.3 Å². The van der Waals surface area contributed by atoms with Gasteiger partial charge in [0.2, 0.25) is 5.60 Å². The number of rotatable bonds is 3. The van der Waals surface area contributed by atoms with Gasteiger partial charge in [-0.3, -0.25) is 0 Å². The van der Waals surface area contributed by atoms with E-state index in [2.05, 4.69) is 16.4 Å². The topological polar surface area (TPSA) is 55.4 Å². The van der Waals surface area contributed by atoms with E-state index in [1.54, 1.807) is 6.07 Å². The van der Waals surface area contributed by atoms with Crippen molar-refractivity contribution in [2.24, 2.45) is 0 Å². The highest BCUT2D eigenvalue weighted by Gasteiger charge is 2.58. The van der Waals surface area contributed by atoms with Gasteiger partial charge in [0.1, 0.15) is 5.69 Å². The Hall–Kier alpha value is -3.13. The fraction of sp³-hybridized carbons (Fsp3) is 0.273. The second-order valence-corrected chi connectivity index (χ2v) is 7.54. The van der Waals surface area contributed by atoms with Crippen LogP contribution in [0.25, 0.3) is 5.52 Å². The van der Waals surface area contributed by atoms with Gasteiger partial charge in [0.15, 0.2) is 0 Å². The number of aromatic nitrogens is 4. The van der Waals surface area contributed by atoms with Gasteiger partial charge in [0.05, 0.1) is 17.8 Å². The van der Waals surface area contributed by atoms with Crippen LogP contribution in [0.1, 0.15) is 35.0 Å². The third kappa shape index (κ3) is 2.74. The fourth-order valence-electron chi connectivity index (χ4n) is 4.33. The maximum atomic E-state index is 14.2. The zero-order valence-electron chi connectivity index (χ0n) is 15.8. The zero-order valence-corrected chi connectivity index (χ0v) is 15.8. The number of aliphatic hydroxyl groups is 1. The van der Waals surface area contributed by atoms with Crippen LogP contribution in [0.4, 0.5) is 13.2 Å². The van der Waals surface area contributed by atoms with Crippen molar-refractivity contribution < 1.29 is 18.3 Å². The molecule has 4 aromatic rings. The summed E-state index contributed by atoms with van der Waals surface area (Å²) >= 11 is 0. The molecule has 0 fully saturated rings. The molecule has 0 spiro atoms. The second kappa shape index (κ2) is 6.70. The first-order chi connectivity index (χ1) is 14.4. The van der Waals surface area contributed by atoms with Crippen LogP contribution in [0.3, 0.4) is 0 Å². The third-order valence-electron chi connectivity index (χ3n) is 5.83. The Morgan fingerprint density at radius 2 is 1.83 bits per heavy atom. The lowest BCUT2D eigenvalue weighted by Gasteiger charge is -2.33. The van der Waals surface area contributed by atoms with E-state index in [0.29, 0.717) is 19.3 Å². The molecule has 1 aliphatic rings. The minimum absolute atomic E-state index is 0.265. The Kier molecular flexibility index (Phi) is 4.21. The first-order valence-corrected chi connectivity index (χ1v) is 9.65. The summed E-state index contributed by atoms with van der Waals surface area (Å²) in [5, 5.41) is 18.7. The number of fused-ring (bicyclic) bond motifs is 3. The number of hydrogen-bond acceptors (Lipinski definition) is 3. The SMILES string of the molecule is OC(c1ccccc1)(c1cnnn1C1CCc2[c]c3ccccn3c2C1)C(F)(F)F. The third-order valence-corrected chi connectivity index (χ3v) is 5.83. The summed E-state index contributed by atoms with van der Waals surface area (Å²) in [4.78, 5) is 0. The molecule has 5 rings (SSSR count). The fourth-order valence-corrected chi connectivity index (χ4v) is 4.33. The van der Waals surface area contributed by atoms with Crippen molar-refractivity contribution in [1.82, 2.24) is 19.4 Å². The summed E-state index contributed by atoms with van der Waals surface area (Å²) in [6.45, 7) is 0. The van der Waals surface area contributed by atoms with E-state index in [1.165, 1.54) is 28.9 Å².